The summed E-state index contributed by atoms with van der Waals surface area (Å²) in [5.41, 5.74) is 5.81. The van der Waals surface area contributed by atoms with Crippen molar-refractivity contribution in [3.8, 4) is 0 Å². The molecule has 0 aliphatic carbocycles. The summed E-state index contributed by atoms with van der Waals surface area (Å²) in [4.78, 5) is 13.8. The van der Waals surface area contributed by atoms with Gasteiger partial charge in [0.15, 0.2) is 0 Å². The summed E-state index contributed by atoms with van der Waals surface area (Å²) in [6, 6.07) is -0.163. The van der Waals surface area contributed by atoms with E-state index in [0.29, 0.717) is 11.4 Å². The van der Waals surface area contributed by atoms with Gasteiger partial charge in [0.1, 0.15) is 11.7 Å². The minimum absolute atomic E-state index is 0.116. The first kappa shape index (κ1) is 12.4. The monoisotopic (exact) mass is 250 g/mol. The molecule has 1 fully saturated rings. The lowest BCUT2D eigenvalue weighted by Gasteiger charge is -2.20. The molecule has 0 saturated carbocycles. The van der Waals surface area contributed by atoms with Gasteiger partial charge in [-0.05, 0) is 12.8 Å². The van der Waals surface area contributed by atoms with Gasteiger partial charge in [-0.2, -0.15) is 5.10 Å². The highest BCUT2D eigenvalue weighted by Gasteiger charge is 2.18. The normalized spacial score (nSPS) is 16.1. The number of aromatic nitrogens is 2. The first-order chi connectivity index (χ1) is 8.68. The number of anilines is 1. The Labute approximate surface area is 105 Å². The highest BCUT2D eigenvalue weighted by molar-refractivity contribution is 6.02. The van der Waals surface area contributed by atoms with Gasteiger partial charge in [0.25, 0.3) is 0 Å². The maximum atomic E-state index is 12.0. The van der Waals surface area contributed by atoms with Gasteiger partial charge in [-0.1, -0.05) is 12.8 Å². The highest BCUT2D eigenvalue weighted by Crippen LogP contribution is 2.13. The van der Waals surface area contributed by atoms with E-state index in [1.54, 1.807) is 4.90 Å². The van der Waals surface area contributed by atoms with Crippen LogP contribution in [0.4, 0.5) is 10.6 Å². The molecule has 2 heterocycles. The fourth-order valence-electron chi connectivity index (χ4n) is 2.05. The van der Waals surface area contributed by atoms with E-state index in [1.165, 1.54) is 19.0 Å². The third kappa shape index (κ3) is 2.79. The SMILES string of the molecule is N=C(N)c1cn[nH]c1NC(=O)N1CCCCCC1. The zero-order valence-electron chi connectivity index (χ0n) is 10.2. The number of aromatic amines is 1. The second-order valence-corrected chi connectivity index (χ2v) is 4.40. The predicted octanol–water partition coefficient (Wildman–Crippen LogP) is 1.10. The summed E-state index contributed by atoms with van der Waals surface area (Å²) < 4.78 is 0. The van der Waals surface area contributed by atoms with E-state index >= 15 is 0 Å². The number of nitrogens with zero attached hydrogens (tertiary/aromatic N) is 2. The van der Waals surface area contributed by atoms with Crippen LogP contribution in [0.2, 0.25) is 0 Å². The molecule has 0 aromatic carbocycles. The minimum atomic E-state index is -0.163. The molecule has 0 radical (unpaired) electrons. The standard InChI is InChI=1S/C11H18N6O/c12-9(13)8-7-14-16-10(8)15-11(18)17-5-3-1-2-4-6-17/h7H,1-6H2,(H3,12,13)(H2,14,15,16,18). The van der Waals surface area contributed by atoms with Crippen LogP contribution in [-0.2, 0) is 0 Å². The lowest BCUT2D eigenvalue weighted by atomic mass is 10.2. The van der Waals surface area contributed by atoms with Crippen LogP contribution in [0.3, 0.4) is 0 Å². The van der Waals surface area contributed by atoms with Crippen LogP contribution in [-0.4, -0.2) is 40.1 Å². The van der Waals surface area contributed by atoms with E-state index < -0.39 is 0 Å². The molecule has 0 spiro atoms. The van der Waals surface area contributed by atoms with E-state index in [0.717, 1.165) is 25.9 Å². The smallest absolute Gasteiger partial charge is 0.323 e. The predicted molar refractivity (Wildman–Crippen MR) is 68.7 cm³/mol. The van der Waals surface area contributed by atoms with Gasteiger partial charge < -0.3 is 10.6 Å². The maximum Gasteiger partial charge on any atom is 0.323 e. The van der Waals surface area contributed by atoms with E-state index in [4.69, 9.17) is 11.1 Å². The number of carbonyl (C=O) groups excluding carboxylic acids is 1. The zero-order chi connectivity index (χ0) is 13.0. The molecule has 0 atom stereocenters. The third-order valence-corrected chi connectivity index (χ3v) is 3.05. The largest absolute Gasteiger partial charge is 0.384 e. The Kier molecular flexibility index (Phi) is 3.81. The maximum absolute atomic E-state index is 12.0. The topological polar surface area (TPSA) is 111 Å². The van der Waals surface area contributed by atoms with Crippen molar-refractivity contribution in [1.82, 2.24) is 15.1 Å². The average Bonchev–Trinajstić information content (AvgIpc) is 2.63. The Bertz CT molecular complexity index is 432. The van der Waals surface area contributed by atoms with Crippen molar-refractivity contribution in [2.24, 2.45) is 5.73 Å². The quantitative estimate of drug-likeness (QED) is 0.466. The van der Waals surface area contributed by atoms with Crippen LogP contribution < -0.4 is 11.1 Å². The molecule has 18 heavy (non-hydrogen) atoms. The van der Waals surface area contributed by atoms with Gasteiger partial charge in [0.2, 0.25) is 0 Å². The molecule has 0 bridgehead atoms. The van der Waals surface area contributed by atoms with Crippen molar-refractivity contribution in [1.29, 1.82) is 5.41 Å². The Morgan fingerprint density at radius 2 is 2.06 bits per heavy atom. The summed E-state index contributed by atoms with van der Waals surface area (Å²) >= 11 is 0. The number of nitrogens with one attached hydrogen (secondary N) is 3. The number of H-pyrrole nitrogens is 1. The lowest BCUT2D eigenvalue weighted by molar-refractivity contribution is 0.213. The number of likely N-dealkylation sites (tertiary alicyclic amines) is 1. The van der Waals surface area contributed by atoms with Gasteiger partial charge >= 0.3 is 6.03 Å². The molecule has 98 valence electrons. The van der Waals surface area contributed by atoms with Crippen molar-refractivity contribution < 1.29 is 4.79 Å². The molecular weight excluding hydrogens is 232 g/mol. The molecule has 1 aliphatic heterocycles. The van der Waals surface area contributed by atoms with Gasteiger partial charge in [-0.25, -0.2) is 4.79 Å². The fraction of sp³-hybridized carbons (Fsp3) is 0.545. The second kappa shape index (κ2) is 5.52. The molecule has 0 unspecified atom stereocenters. The third-order valence-electron chi connectivity index (χ3n) is 3.05. The van der Waals surface area contributed by atoms with Gasteiger partial charge in [-0.3, -0.25) is 15.8 Å². The lowest BCUT2D eigenvalue weighted by Crippen LogP contribution is -2.36. The van der Waals surface area contributed by atoms with Crippen LogP contribution in [0, 0.1) is 5.41 Å². The van der Waals surface area contributed by atoms with Crippen LogP contribution in [0.5, 0.6) is 0 Å². The summed E-state index contributed by atoms with van der Waals surface area (Å²) in [6.07, 6.45) is 5.85. The van der Waals surface area contributed by atoms with Crippen LogP contribution >= 0.6 is 0 Å². The van der Waals surface area contributed by atoms with Crippen molar-refractivity contribution >= 4 is 17.7 Å². The molecule has 7 nitrogen and oxygen atoms in total. The average molecular weight is 250 g/mol. The van der Waals surface area contributed by atoms with Crippen LogP contribution in [0.25, 0.3) is 0 Å². The molecule has 5 N–H and O–H groups in total. The van der Waals surface area contributed by atoms with Crippen molar-refractivity contribution in [2.45, 2.75) is 25.7 Å². The number of rotatable bonds is 2. The van der Waals surface area contributed by atoms with Crippen molar-refractivity contribution in [3.63, 3.8) is 0 Å². The molecule has 1 aromatic rings. The number of amidine groups is 1. The molecule has 2 rings (SSSR count). The molecule has 1 aliphatic rings. The Hall–Kier alpha value is -2.05. The van der Waals surface area contributed by atoms with E-state index in [9.17, 15) is 4.79 Å². The molecule has 1 saturated heterocycles. The first-order valence-corrected chi connectivity index (χ1v) is 6.12. The number of carbonyl (C=O) groups is 1. The number of hydrogen-bond donors (Lipinski definition) is 4. The van der Waals surface area contributed by atoms with E-state index in [-0.39, 0.29) is 11.9 Å². The molecular formula is C11H18N6O. The first-order valence-electron chi connectivity index (χ1n) is 6.12. The Morgan fingerprint density at radius 3 is 2.67 bits per heavy atom. The van der Waals surface area contributed by atoms with Gasteiger partial charge in [0.05, 0.1) is 11.8 Å². The van der Waals surface area contributed by atoms with Crippen molar-refractivity contribution in [2.75, 3.05) is 18.4 Å². The van der Waals surface area contributed by atoms with Crippen LogP contribution in [0.1, 0.15) is 31.2 Å². The molecule has 2 amide bonds. The summed E-state index contributed by atoms with van der Waals surface area (Å²) in [5.74, 6) is 0.270. The zero-order valence-corrected chi connectivity index (χ0v) is 10.2. The Balaban J connectivity index is 2.01. The Morgan fingerprint density at radius 1 is 1.39 bits per heavy atom. The summed E-state index contributed by atoms with van der Waals surface area (Å²) in [5, 5.41) is 16.5. The number of nitrogens with two attached hydrogens (primary N) is 1. The van der Waals surface area contributed by atoms with Gasteiger partial charge in [-0.15, -0.1) is 0 Å². The number of nitrogen functional groups attached to an aromatic ring is 1. The summed E-state index contributed by atoms with van der Waals surface area (Å²) in [6.45, 7) is 1.55. The van der Waals surface area contributed by atoms with E-state index in [2.05, 4.69) is 15.5 Å². The van der Waals surface area contributed by atoms with Crippen molar-refractivity contribution in [3.05, 3.63) is 11.8 Å². The van der Waals surface area contributed by atoms with E-state index in [1.807, 2.05) is 0 Å². The highest BCUT2D eigenvalue weighted by atomic mass is 16.2. The molecule has 7 heteroatoms. The molecule has 1 aromatic heterocycles. The van der Waals surface area contributed by atoms with Crippen LogP contribution in [0.15, 0.2) is 6.20 Å². The number of urea groups is 1. The minimum Gasteiger partial charge on any atom is -0.384 e. The number of hydrogen-bond acceptors (Lipinski definition) is 3. The van der Waals surface area contributed by atoms with Gasteiger partial charge in [0, 0.05) is 13.1 Å². The second-order valence-electron chi connectivity index (χ2n) is 4.40. The summed E-state index contributed by atoms with van der Waals surface area (Å²) in [7, 11) is 0. The number of amides is 2. The fourth-order valence-corrected chi connectivity index (χ4v) is 2.05.